The Morgan fingerprint density at radius 1 is 1.18 bits per heavy atom. The van der Waals surface area contributed by atoms with Crippen molar-refractivity contribution in [3.63, 3.8) is 0 Å². The van der Waals surface area contributed by atoms with Crippen LogP contribution in [-0.4, -0.2) is 57.5 Å². The molecule has 0 atom stereocenters. The number of carbonyl (C=O) groups is 2. The van der Waals surface area contributed by atoms with Crippen LogP contribution in [0, 0.1) is 0 Å². The molecule has 1 fully saturated rings. The molecule has 0 spiro atoms. The fraction of sp³-hybridized carbons (Fsp3) is 0.292. The number of thioether (sulfide) groups is 1. The molecule has 2 aliphatic heterocycles. The van der Waals surface area contributed by atoms with Gasteiger partial charge in [0.05, 0.1) is 11.5 Å². The molecule has 0 saturated carbocycles. The smallest absolute Gasteiger partial charge is 0.266 e. The number of thiocarbonyl (C=S) groups is 1. The lowest BCUT2D eigenvalue weighted by atomic mass is 10.2. The highest BCUT2D eigenvalue weighted by atomic mass is 32.2. The van der Waals surface area contributed by atoms with Gasteiger partial charge in [-0.3, -0.25) is 14.5 Å². The molecule has 0 aliphatic carbocycles. The van der Waals surface area contributed by atoms with Crippen LogP contribution in [0.3, 0.4) is 0 Å². The van der Waals surface area contributed by atoms with Gasteiger partial charge in [0.2, 0.25) is 12.7 Å². The molecule has 0 aromatic heterocycles. The molecule has 0 unspecified atom stereocenters. The van der Waals surface area contributed by atoms with Gasteiger partial charge in [0, 0.05) is 26.1 Å². The van der Waals surface area contributed by atoms with Crippen LogP contribution in [0.4, 0.5) is 0 Å². The van der Waals surface area contributed by atoms with E-state index >= 15 is 0 Å². The summed E-state index contributed by atoms with van der Waals surface area (Å²) in [6.45, 7) is 1.18. The number of carbonyl (C=O) groups excluding carboxylic acids is 2. The largest absolute Gasteiger partial charge is 0.454 e. The molecule has 2 heterocycles. The molecule has 172 valence electrons. The summed E-state index contributed by atoms with van der Waals surface area (Å²) in [6, 6.07) is 15.2. The lowest BCUT2D eigenvalue weighted by Gasteiger charge is -2.22. The Bertz CT molecular complexity index is 1070. The van der Waals surface area contributed by atoms with Gasteiger partial charge in [0.15, 0.2) is 11.5 Å². The maximum Gasteiger partial charge on any atom is 0.266 e. The molecular formula is C24H24N2O5S2. The molecule has 2 amide bonds. The summed E-state index contributed by atoms with van der Waals surface area (Å²) in [5.41, 5.74) is 1.83. The van der Waals surface area contributed by atoms with E-state index in [4.69, 9.17) is 21.7 Å². The minimum atomic E-state index is -0.161. The third-order valence-electron chi connectivity index (χ3n) is 5.28. The molecule has 0 radical (unpaired) electrons. The first-order valence-electron chi connectivity index (χ1n) is 10.6. The molecule has 7 nitrogen and oxygen atoms in total. The highest BCUT2D eigenvalue weighted by Gasteiger charge is 2.32. The lowest BCUT2D eigenvalue weighted by molar-refractivity contribution is -0.132. The van der Waals surface area contributed by atoms with Gasteiger partial charge in [0.25, 0.3) is 5.91 Å². The zero-order valence-corrected chi connectivity index (χ0v) is 19.6. The van der Waals surface area contributed by atoms with Crippen LogP contribution in [0.1, 0.15) is 24.0 Å². The first kappa shape index (κ1) is 23.3. The number of fused-ring (bicyclic) bond motifs is 1. The average Bonchev–Trinajstić information content (AvgIpc) is 3.38. The van der Waals surface area contributed by atoms with E-state index in [1.54, 1.807) is 15.9 Å². The zero-order chi connectivity index (χ0) is 23.2. The van der Waals surface area contributed by atoms with Gasteiger partial charge in [-0.2, -0.15) is 0 Å². The average molecular weight is 485 g/mol. The van der Waals surface area contributed by atoms with Crippen molar-refractivity contribution in [3.8, 4) is 11.5 Å². The quantitative estimate of drug-likeness (QED) is 0.432. The van der Waals surface area contributed by atoms with Gasteiger partial charge in [-0.1, -0.05) is 60.4 Å². The molecule has 0 bridgehead atoms. The number of aliphatic hydroxyl groups excluding tert-OH is 1. The van der Waals surface area contributed by atoms with Crippen molar-refractivity contribution in [2.75, 3.05) is 26.5 Å². The fourth-order valence-corrected chi connectivity index (χ4v) is 4.92. The monoisotopic (exact) mass is 484 g/mol. The molecule has 1 N–H and O–H groups in total. The van der Waals surface area contributed by atoms with Crippen molar-refractivity contribution in [3.05, 3.63) is 64.6 Å². The Morgan fingerprint density at radius 3 is 2.76 bits per heavy atom. The van der Waals surface area contributed by atoms with Crippen molar-refractivity contribution in [2.24, 2.45) is 0 Å². The maximum atomic E-state index is 12.9. The normalized spacial score (nSPS) is 16.0. The molecule has 2 aliphatic rings. The van der Waals surface area contributed by atoms with Gasteiger partial charge in [-0.25, -0.2) is 0 Å². The van der Waals surface area contributed by atoms with Crippen LogP contribution in [0.25, 0.3) is 6.08 Å². The van der Waals surface area contributed by atoms with E-state index in [1.165, 1.54) is 11.8 Å². The van der Waals surface area contributed by atoms with Crippen molar-refractivity contribution in [2.45, 2.75) is 19.4 Å². The predicted octanol–water partition coefficient (Wildman–Crippen LogP) is 3.42. The summed E-state index contributed by atoms with van der Waals surface area (Å²) in [7, 11) is 0. The Hall–Kier alpha value is -2.88. The summed E-state index contributed by atoms with van der Waals surface area (Å²) in [5.74, 6) is 1.12. The number of hydrogen-bond donors (Lipinski definition) is 1. The van der Waals surface area contributed by atoms with Crippen molar-refractivity contribution >= 4 is 46.2 Å². The summed E-state index contributed by atoms with van der Waals surface area (Å²) in [5, 5.41) is 9.35. The summed E-state index contributed by atoms with van der Waals surface area (Å²) in [6.07, 6.45) is 2.54. The molecule has 9 heteroatoms. The first-order valence-corrected chi connectivity index (χ1v) is 11.8. The maximum absolute atomic E-state index is 12.9. The Balaban J connectivity index is 1.33. The Kier molecular flexibility index (Phi) is 7.64. The van der Waals surface area contributed by atoms with Crippen molar-refractivity contribution < 1.29 is 24.2 Å². The Morgan fingerprint density at radius 2 is 1.97 bits per heavy atom. The molecule has 1 saturated heterocycles. The second kappa shape index (κ2) is 10.8. The number of aliphatic hydroxyl groups is 1. The van der Waals surface area contributed by atoms with E-state index in [0.29, 0.717) is 40.2 Å². The standard InChI is InChI=1S/C24H24N2O5S2/c27-12-11-25(15-17-5-2-1-3-6-17)22(28)7-4-10-26-23(29)21(33-24(26)32)14-18-8-9-19-20(13-18)31-16-30-19/h1-3,5-6,8-9,13-14,27H,4,7,10-12,15-16H2. The number of rotatable bonds is 9. The van der Waals surface area contributed by atoms with E-state index in [1.807, 2.05) is 48.5 Å². The zero-order valence-electron chi connectivity index (χ0n) is 17.9. The highest BCUT2D eigenvalue weighted by Crippen LogP contribution is 2.36. The third-order valence-corrected chi connectivity index (χ3v) is 6.66. The number of hydrogen-bond acceptors (Lipinski definition) is 7. The highest BCUT2D eigenvalue weighted by molar-refractivity contribution is 8.26. The van der Waals surface area contributed by atoms with Crippen LogP contribution >= 0.6 is 24.0 Å². The fourth-order valence-electron chi connectivity index (χ4n) is 3.61. The molecule has 4 rings (SSSR count). The van der Waals surface area contributed by atoms with Crippen LogP contribution in [0.15, 0.2) is 53.4 Å². The second-order valence-electron chi connectivity index (χ2n) is 7.57. The van der Waals surface area contributed by atoms with Gasteiger partial charge >= 0.3 is 0 Å². The van der Waals surface area contributed by atoms with Crippen LogP contribution in [0.5, 0.6) is 11.5 Å². The number of benzene rings is 2. The van der Waals surface area contributed by atoms with E-state index in [-0.39, 0.29) is 38.2 Å². The summed E-state index contributed by atoms with van der Waals surface area (Å²) in [4.78, 5) is 29.3. The lowest BCUT2D eigenvalue weighted by Crippen LogP contribution is -2.34. The predicted molar refractivity (Wildman–Crippen MR) is 131 cm³/mol. The summed E-state index contributed by atoms with van der Waals surface area (Å²) < 4.78 is 11.2. The van der Waals surface area contributed by atoms with E-state index < -0.39 is 0 Å². The van der Waals surface area contributed by atoms with E-state index in [2.05, 4.69) is 0 Å². The number of amides is 2. The van der Waals surface area contributed by atoms with Crippen LogP contribution < -0.4 is 9.47 Å². The topological polar surface area (TPSA) is 79.3 Å². The van der Waals surface area contributed by atoms with Gasteiger partial charge in [-0.15, -0.1) is 0 Å². The van der Waals surface area contributed by atoms with Gasteiger partial charge in [-0.05, 0) is 35.8 Å². The van der Waals surface area contributed by atoms with Gasteiger partial charge < -0.3 is 19.5 Å². The van der Waals surface area contributed by atoms with E-state index in [9.17, 15) is 14.7 Å². The second-order valence-corrected chi connectivity index (χ2v) is 9.25. The molecule has 2 aromatic rings. The molecule has 33 heavy (non-hydrogen) atoms. The minimum Gasteiger partial charge on any atom is -0.454 e. The third kappa shape index (κ3) is 5.73. The SMILES string of the molecule is O=C(CCCN1C(=O)C(=Cc2ccc3c(c2)OCO3)SC1=S)N(CCO)Cc1ccccc1. The Labute approximate surface area is 202 Å². The van der Waals surface area contributed by atoms with Gasteiger partial charge in [0.1, 0.15) is 4.32 Å². The minimum absolute atomic E-state index is 0.0609. The number of ether oxygens (including phenoxy) is 2. The molecule has 2 aromatic carbocycles. The summed E-state index contributed by atoms with van der Waals surface area (Å²) >= 11 is 6.66. The first-order chi connectivity index (χ1) is 16.0. The van der Waals surface area contributed by atoms with Crippen molar-refractivity contribution in [1.29, 1.82) is 0 Å². The number of nitrogens with zero attached hydrogens (tertiary/aromatic N) is 2. The van der Waals surface area contributed by atoms with Crippen LogP contribution in [0.2, 0.25) is 0 Å². The van der Waals surface area contributed by atoms with Crippen LogP contribution in [-0.2, 0) is 16.1 Å². The van der Waals surface area contributed by atoms with Crippen molar-refractivity contribution in [1.82, 2.24) is 9.80 Å². The molecular weight excluding hydrogens is 460 g/mol. The van der Waals surface area contributed by atoms with E-state index in [0.717, 1.165) is 11.1 Å².